The molecule has 0 amide bonds. The van der Waals surface area contributed by atoms with Crippen LogP contribution < -0.4 is 11.3 Å². The van der Waals surface area contributed by atoms with Crippen molar-refractivity contribution in [2.24, 2.45) is 5.73 Å². The first-order valence-electron chi connectivity index (χ1n) is 7.68. The van der Waals surface area contributed by atoms with Crippen LogP contribution in [0.5, 0.6) is 0 Å². The van der Waals surface area contributed by atoms with Crippen LogP contribution in [0.2, 0.25) is 0 Å². The first-order chi connectivity index (χ1) is 12.3. The van der Waals surface area contributed by atoms with Crippen molar-refractivity contribution < 1.29 is 12.8 Å². The SMILES string of the molecule is CS(=O)(=O)c1ccc(-c2cn[nH]c(=O)c2-c2ccc(CN)c(F)c2)cc1. The third kappa shape index (κ3) is 3.42. The molecule has 0 unspecified atom stereocenters. The van der Waals surface area contributed by atoms with E-state index in [1.807, 2.05) is 0 Å². The maximum absolute atomic E-state index is 14.1. The third-order valence-electron chi connectivity index (χ3n) is 4.01. The zero-order chi connectivity index (χ0) is 18.9. The van der Waals surface area contributed by atoms with E-state index in [1.165, 1.54) is 30.5 Å². The molecule has 0 fully saturated rings. The summed E-state index contributed by atoms with van der Waals surface area (Å²) >= 11 is 0. The zero-order valence-electron chi connectivity index (χ0n) is 13.9. The summed E-state index contributed by atoms with van der Waals surface area (Å²) in [7, 11) is -3.33. The number of hydrogen-bond acceptors (Lipinski definition) is 5. The summed E-state index contributed by atoms with van der Waals surface area (Å²) in [5.74, 6) is -0.500. The van der Waals surface area contributed by atoms with Gasteiger partial charge in [-0.15, -0.1) is 0 Å². The number of benzene rings is 2. The van der Waals surface area contributed by atoms with E-state index >= 15 is 0 Å². The molecule has 0 saturated heterocycles. The molecule has 3 N–H and O–H groups in total. The smallest absolute Gasteiger partial charge is 0.272 e. The second-order valence-corrected chi connectivity index (χ2v) is 7.81. The minimum absolute atomic E-state index is 0.0542. The van der Waals surface area contributed by atoms with Crippen LogP contribution in [0.25, 0.3) is 22.3 Å². The van der Waals surface area contributed by atoms with Gasteiger partial charge in [0.05, 0.1) is 16.7 Å². The van der Waals surface area contributed by atoms with Crippen molar-refractivity contribution >= 4 is 9.84 Å². The molecular weight excluding hydrogens is 357 g/mol. The van der Waals surface area contributed by atoms with Gasteiger partial charge in [0.1, 0.15) is 5.82 Å². The van der Waals surface area contributed by atoms with Gasteiger partial charge in [0.2, 0.25) is 0 Å². The Morgan fingerprint density at radius 2 is 1.77 bits per heavy atom. The van der Waals surface area contributed by atoms with Gasteiger partial charge in [-0.2, -0.15) is 5.10 Å². The van der Waals surface area contributed by atoms with Crippen LogP contribution in [-0.4, -0.2) is 24.9 Å². The molecule has 134 valence electrons. The molecule has 26 heavy (non-hydrogen) atoms. The molecule has 0 aliphatic rings. The minimum atomic E-state index is -3.33. The molecule has 0 atom stereocenters. The van der Waals surface area contributed by atoms with E-state index in [-0.39, 0.29) is 17.0 Å². The van der Waals surface area contributed by atoms with Gasteiger partial charge < -0.3 is 5.73 Å². The highest BCUT2D eigenvalue weighted by Crippen LogP contribution is 2.30. The predicted octanol–water partition coefficient (Wildman–Crippen LogP) is 2.11. The summed E-state index contributed by atoms with van der Waals surface area (Å²) in [6, 6.07) is 10.5. The lowest BCUT2D eigenvalue weighted by Gasteiger charge is -2.10. The van der Waals surface area contributed by atoms with Gasteiger partial charge >= 0.3 is 0 Å². The van der Waals surface area contributed by atoms with Crippen LogP contribution in [0.15, 0.2) is 58.4 Å². The van der Waals surface area contributed by atoms with Crippen LogP contribution in [0.3, 0.4) is 0 Å². The molecular formula is C18H16FN3O3S. The standard InChI is InChI=1S/C18H16FN3O3S/c1-26(24,25)14-6-4-11(5-7-14)15-10-21-22-18(23)17(15)12-2-3-13(9-20)16(19)8-12/h2-8,10H,9,20H2,1H3,(H,22,23). The summed E-state index contributed by atoms with van der Waals surface area (Å²) in [6.07, 6.45) is 2.56. The number of nitrogens with two attached hydrogens (primary N) is 1. The number of hydrogen-bond donors (Lipinski definition) is 2. The number of halogens is 1. The largest absolute Gasteiger partial charge is 0.326 e. The Morgan fingerprint density at radius 3 is 2.35 bits per heavy atom. The van der Waals surface area contributed by atoms with E-state index in [0.717, 1.165) is 6.26 Å². The minimum Gasteiger partial charge on any atom is -0.326 e. The fourth-order valence-electron chi connectivity index (χ4n) is 2.65. The molecule has 0 bridgehead atoms. The lowest BCUT2D eigenvalue weighted by atomic mass is 9.96. The van der Waals surface area contributed by atoms with Gasteiger partial charge in [-0.25, -0.2) is 17.9 Å². The van der Waals surface area contributed by atoms with Crippen molar-refractivity contribution in [1.82, 2.24) is 10.2 Å². The first kappa shape index (κ1) is 18.0. The van der Waals surface area contributed by atoms with Gasteiger partial charge in [-0.1, -0.05) is 24.3 Å². The third-order valence-corrected chi connectivity index (χ3v) is 5.14. The maximum Gasteiger partial charge on any atom is 0.272 e. The number of rotatable bonds is 4. The summed E-state index contributed by atoms with van der Waals surface area (Å²) < 4.78 is 37.3. The quantitative estimate of drug-likeness (QED) is 0.728. The second kappa shape index (κ2) is 6.81. The number of nitrogens with one attached hydrogen (secondary N) is 1. The van der Waals surface area contributed by atoms with Crippen LogP contribution in [0.4, 0.5) is 4.39 Å². The molecule has 1 aromatic heterocycles. The average Bonchev–Trinajstić information content (AvgIpc) is 2.61. The molecule has 8 heteroatoms. The number of sulfone groups is 1. The Labute approximate surface area is 149 Å². The highest BCUT2D eigenvalue weighted by Gasteiger charge is 2.15. The van der Waals surface area contributed by atoms with Gasteiger partial charge in [0.15, 0.2) is 9.84 Å². The summed E-state index contributed by atoms with van der Waals surface area (Å²) in [5.41, 5.74) is 7.02. The van der Waals surface area contributed by atoms with Crippen LogP contribution in [-0.2, 0) is 16.4 Å². The predicted molar refractivity (Wildman–Crippen MR) is 96.7 cm³/mol. The van der Waals surface area contributed by atoms with Gasteiger partial charge in [0.25, 0.3) is 5.56 Å². The van der Waals surface area contributed by atoms with Crippen molar-refractivity contribution in [3.05, 3.63) is 70.4 Å². The number of aromatic amines is 1. The van der Waals surface area contributed by atoms with E-state index in [9.17, 15) is 17.6 Å². The first-order valence-corrected chi connectivity index (χ1v) is 9.57. The molecule has 0 aliphatic heterocycles. The molecule has 2 aromatic carbocycles. The Morgan fingerprint density at radius 1 is 1.12 bits per heavy atom. The van der Waals surface area contributed by atoms with Crippen molar-refractivity contribution in [3.8, 4) is 22.3 Å². The van der Waals surface area contributed by atoms with Crippen LogP contribution in [0.1, 0.15) is 5.56 Å². The van der Waals surface area contributed by atoms with Crippen molar-refractivity contribution in [2.75, 3.05) is 6.26 Å². The summed E-state index contributed by atoms with van der Waals surface area (Å²) in [4.78, 5) is 12.5. The van der Waals surface area contributed by atoms with Crippen molar-refractivity contribution in [3.63, 3.8) is 0 Å². The van der Waals surface area contributed by atoms with E-state index in [4.69, 9.17) is 5.73 Å². The number of nitrogens with zero attached hydrogens (tertiary/aromatic N) is 1. The fourth-order valence-corrected chi connectivity index (χ4v) is 3.28. The Kier molecular flexibility index (Phi) is 4.71. The topological polar surface area (TPSA) is 106 Å². The normalized spacial score (nSPS) is 11.5. The number of H-pyrrole nitrogens is 1. The molecule has 3 rings (SSSR count). The van der Waals surface area contributed by atoms with Crippen LogP contribution >= 0.6 is 0 Å². The van der Waals surface area contributed by atoms with E-state index in [0.29, 0.717) is 22.3 Å². The number of aromatic nitrogens is 2. The molecule has 6 nitrogen and oxygen atoms in total. The zero-order valence-corrected chi connectivity index (χ0v) is 14.7. The maximum atomic E-state index is 14.1. The Bertz CT molecular complexity index is 1120. The van der Waals surface area contributed by atoms with Gasteiger partial charge in [0, 0.05) is 23.9 Å². The fraction of sp³-hybridized carbons (Fsp3) is 0.111. The van der Waals surface area contributed by atoms with Gasteiger partial charge in [-0.05, 0) is 29.3 Å². The molecule has 1 heterocycles. The molecule has 0 radical (unpaired) electrons. The molecule has 0 aliphatic carbocycles. The van der Waals surface area contributed by atoms with E-state index in [2.05, 4.69) is 10.2 Å². The Hall–Kier alpha value is -2.84. The summed E-state index contributed by atoms with van der Waals surface area (Å²) in [6.45, 7) is 0.0542. The lowest BCUT2D eigenvalue weighted by molar-refractivity contribution is 0.602. The Balaban J connectivity index is 2.17. The van der Waals surface area contributed by atoms with Crippen molar-refractivity contribution in [2.45, 2.75) is 11.4 Å². The van der Waals surface area contributed by atoms with Crippen molar-refractivity contribution in [1.29, 1.82) is 0 Å². The highest BCUT2D eigenvalue weighted by atomic mass is 32.2. The molecule has 0 spiro atoms. The molecule has 3 aromatic rings. The lowest BCUT2D eigenvalue weighted by Crippen LogP contribution is -2.12. The van der Waals surface area contributed by atoms with E-state index < -0.39 is 21.2 Å². The average molecular weight is 373 g/mol. The van der Waals surface area contributed by atoms with Gasteiger partial charge in [-0.3, -0.25) is 4.79 Å². The second-order valence-electron chi connectivity index (χ2n) is 5.79. The van der Waals surface area contributed by atoms with E-state index in [1.54, 1.807) is 18.2 Å². The summed E-state index contributed by atoms with van der Waals surface area (Å²) in [5, 5.41) is 6.15. The monoisotopic (exact) mass is 373 g/mol. The van der Waals surface area contributed by atoms with Crippen LogP contribution in [0, 0.1) is 5.82 Å². The highest BCUT2D eigenvalue weighted by molar-refractivity contribution is 7.90. The molecule has 0 saturated carbocycles.